The minimum absolute atomic E-state index is 0.278. The first-order chi connectivity index (χ1) is 12.3. The largest absolute Gasteiger partial charge is 0.497 e. The van der Waals surface area contributed by atoms with E-state index in [0.29, 0.717) is 24.2 Å². The fourth-order valence-corrected chi connectivity index (χ4v) is 3.63. The molecule has 2 fully saturated rings. The van der Waals surface area contributed by atoms with Crippen molar-refractivity contribution in [3.05, 3.63) is 41.7 Å². The Hall–Kier alpha value is -2.50. The van der Waals surface area contributed by atoms with Gasteiger partial charge in [0.25, 0.3) is 5.88 Å². The van der Waals surface area contributed by atoms with E-state index in [2.05, 4.69) is 10.3 Å². The molecule has 2 aliphatic rings. The van der Waals surface area contributed by atoms with E-state index in [0.717, 1.165) is 23.7 Å². The van der Waals surface area contributed by atoms with Gasteiger partial charge in [-0.3, -0.25) is 0 Å². The molecule has 2 atom stereocenters. The topological polar surface area (TPSA) is 66.1 Å². The summed E-state index contributed by atoms with van der Waals surface area (Å²) in [6.45, 7) is 0.696. The molecule has 0 spiro atoms. The van der Waals surface area contributed by atoms with Gasteiger partial charge in [-0.2, -0.15) is 0 Å². The van der Waals surface area contributed by atoms with Crippen LogP contribution in [0.5, 0.6) is 11.6 Å². The zero-order valence-corrected chi connectivity index (χ0v) is 14.3. The van der Waals surface area contributed by atoms with Crippen molar-refractivity contribution in [1.29, 1.82) is 0 Å². The quantitative estimate of drug-likeness (QED) is 0.713. The zero-order valence-electron chi connectivity index (χ0n) is 14.3. The van der Waals surface area contributed by atoms with Gasteiger partial charge in [-0.05, 0) is 54.5 Å². The number of fused-ring (bicyclic) bond motifs is 2. The van der Waals surface area contributed by atoms with Crippen LogP contribution in [0, 0.1) is 11.8 Å². The second kappa shape index (κ2) is 7.17. The van der Waals surface area contributed by atoms with Crippen LogP contribution in [0.4, 0.5) is 0 Å². The highest BCUT2D eigenvalue weighted by atomic mass is 16.6. The van der Waals surface area contributed by atoms with E-state index in [1.807, 2.05) is 24.3 Å². The van der Waals surface area contributed by atoms with Crippen LogP contribution < -0.4 is 9.47 Å². The molecule has 2 aromatic rings. The van der Waals surface area contributed by atoms with Gasteiger partial charge in [-0.1, -0.05) is 17.3 Å². The van der Waals surface area contributed by atoms with Crippen molar-refractivity contribution >= 4 is 5.71 Å². The molecule has 0 aliphatic heterocycles. The minimum Gasteiger partial charge on any atom is -0.497 e. The molecule has 25 heavy (non-hydrogen) atoms. The Morgan fingerprint density at radius 1 is 1.20 bits per heavy atom. The molecule has 2 saturated carbocycles. The highest BCUT2D eigenvalue weighted by molar-refractivity contribution is 5.89. The number of benzene rings is 1. The van der Waals surface area contributed by atoms with E-state index in [1.54, 1.807) is 13.2 Å². The summed E-state index contributed by atoms with van der Waals surface area (Å²) in [5.74, 6) is 3.35. The highest BCUT2D eigenvalue weighted by Crippen LogP contribution is 2.42. The van der Waals surface area contributed by atoms with Crippen molar-refractivity contribution in [2.45, 2.75) is 38.9 Å². The Balaban J connectivity index is 1.25. The molecule has 0 N–H and O–H groups in total. The number of hydrogen-bond acceptors (Lipinski definition) is 6. The Morgan fingerprint density at radius 2 is 2.08 bits per heavy atom. The van der Waals surface area contributed by atoms with Crippen LogP contribution in [0.1, 0.15) is 37.0 Å². The molecule has 6 heteroatoms. The SMILES string of the molecule is COc1ccc(COc2cc(CON=C3CC4CCC3C4)on2)cc1. The molecular formula is C19H22N2O4. The van der Waals surface area contributed by atoms with Crippen LogP contribution >= 0.6 is 0 Å². The smallest absolute Gasteiger partial charge is 0.254 e. The van der Waals surface area contributed by atoms with Gasteiger partial charge < -0.3 is 18.8 Å². The van der Waals surface area contributed by atoms with E-state index in [9.17, 15) is 0 Å². The Kier molecular flexibility index (Phi) is 4.59. The van der Waals surface area contributed by atoms with E-state index in [-0.39, 0.29) is 6.61 Å². The number of aromatic nitrogens is 1. The summed E-state index contributed by atoms with van der Waals surface area (Å²) in [4.78, 5) is 5.44. The fourth-order valence-electron chi connectivity index (χ4n) is 3.63. The summed E-state index contributed by atoms with van der Waals surface area (Å²) in [6, 6.07) is 9.44. The van der Waals surface area contributed by atoms with Crippen LogP contribution in [0.2, 0.25) is 0 Å². The molecule has 0 radical (unpaired) electrons. The van der Waals surface area contributed by atoms with Crippen LogP contribution in [-0.4, -0.2) is 18.0 Å². The summed E-state index contributed by atoms with van der Waals surface area (Å²) < 4.78 is 16.0. The summed E-state index contributed by atoms with van der Waals surface area (Å²) in [5, 5.41) is 8.20. The number of hydrogen-bond donors (Lipinski definition) is 0. The molecule has 2 unspecified atom stereocenters. The maximum Gasteiger partial charge on any atom is 0.254 e. The van der Waals surface area contributed by atoms with Crippen LogP contribution in [0.25, 0.3) is 0 Å². The maximum atomic E-state index is 5.63. The predicted octanol–water partition coefficient (Wildman–Crippen LogP) is 3.95. The van der Waals surface area contributed by atoms with Gasteiger partial charge in [-0.25, -0.2) is 0 Å². The Bertz CT molecular complexity index is 738. The lowest BCUT2D eigenvalue weighted by molar-refractivity contribution is 0.107. The Morgan fingerprint density at radius 3 is 2.80 bits per heavy atom. The van der Waals surface area contributed by atoms with Crippen molar-refractivity contribution in [1.82, 2.24) is 5.16 Å². The predicted molar refractivity (Wildman–Crippen MR) is 91.5 cm³/mol. The highest BCUT2D eigenvalue weighted by Gasteiger charge is 2.37. The van der Waals surface area contributed by atoms with Gasteiger partial charge in [0.05, 0.1) is 12.8 Å². The average Bonchev–Trinajstić information content (AvgIpc) is 3.37. The molecule has 4 rings (SSSR count). The second-order valence-corrected chi connectivity index (χ2v) is 6.70. The number of rotatable bonds is 7. The molecule has 1 aromatic heterocycles. The zero-order chi connectivity index (χ0) is 17.1. The van der Waals surface area contributed by atoms with E-state index in [4.69, 9.17) is 18.8 Å². The molecule has 0 saturated heterocycles. The lowest BCUT2D eigenvalue weighted by Gasteiger charge is -2.10. The first-order valence-corrected chi connectivity index (χ1v) is 8.70. The number of oxime groups is 1. The molecule has 1 aromatic carbocycles. The van der Waals surface area contributed by atoms with Crippen LogP contribution in [-0.2, 0) is 18.1 Å². The third kappa shape index (κ3) is 3.78. The molecule has 132 valence electrons. The van der Waals surface area contributed by atoms with E-state index >= 15 is 0 Å². The number of ether oxygens (including phenoxy) is 2. The molecule has 1 heterocycles. The Labute approximate surface area is 146 Å². The molecule has 2 bridgehead atoms. The maximum absolute atomic E-state index is 5.63. The third-order valence-electron chi connectivity index (χ3n) is 4.98. The third-order valence-corrected chi connectivity index (χ3v) is 4.98. The van der Waals surface area contributed by atoms with Gasteiger partial charge in [0, 0.05) is 12.0 Å². The minimum atomic E-state index is 0.278. The lowest BCUT2D eigenvalue weighted by atomic mass is 9.99. The molecule has 6 nitrogen and oxygen atoms in total. The molecule has 0 amide bonds. The fraction of sp³-hybridized carbons (Fsp3) is 0.474. The van der Waals surface area contributed by atoms with E-state index in [1.165, 1.54) is 25.0 Å². The monoisotopic (exact) mass is 342 g/mol. The normalized spacial score (nSPS) is 23.2. The van der Waals surface area contributed by atoms with Gasteiger partial charge in [0.15, 0.2) is 12.4 Å². The average molecular weight is 342 g/mol. The number of methoxy groups -OCH3 is 1. The standard InChI is InChI=1S/C19H22N2O4/c1-22-16-6-3-13(4-7-16)11-23-19-10-17(25-21-19)12-24-20-18-9-14-2-5-15(18)8-14/h3-4,6-7,10,14-15H,2,5,8-9,11-12H2,1H3. The van der Waals surface area contributed by atoms with Crippen molar-refractivity contribution in [2.75, 3.05) is 7.11 Å². The van der Waals surface area contributed by atoms with Gasteiger partial charge >= 0.3 is 0 Å². The molecular weight excluding hydrogens is 320 g/mol. The first kappa shape index (κ1) is 16.0. The van der Waals surface area contributed by atoms with Gasteiger partial charge in [0.2, 0.25) is 0 Å². The van der Waals surface area contributed by atoms with Crippen LogP contribution in [0.15, 0.2) is 40.0 Å². The van der Waals surface area contributed by atoms with Gasteiger partial charge in [-0.15, -0.1) is 0 Å². The summed E-state index contributed by atoms with van der Waals surface area (Å²) in [5.41, 5.74) is 2.25. The van der Waals surface area contributed by atoms with Crippen LogP contribution in [0.3, 0.4) is 0 Å². The van der Waals surface area contributed by atoms with E-state index < -0.39 is 0 Å². The lowest BCUT2D eigenvalue weighted by Crippen LogP contribution is -2.09. The molecule has 2 aliphatic carbocycles. The summed E-state index contributed by atoms with van der Waals surface area (Å²) in [6.07, 6.45) is 4.99. The summed E-state index contributed by atoms with van der Waals surface area (Å²) in [7, 11) is 1.65. The summed E-state index contributed by atoms with van der Waals surface area (Å²) >= 11 is 0. The van der Waals surface area contributed by atoms with Crippen molar-refractivity contribution in [2.24, 2.45) is 17.0 Å². The van der Waals surface area contributed by atoms with Crippen molar-refractivity contribution in [3.8, 4) is 11.6 Å². The second-order valence-electron chi connectivity index (χ2n) is 6.70. The van der Waals surface area contributed by atoms with Crippen molar-refractivity contribution in [3.63, 3.8) is 0 Å². The number of nitrogens with zero attached hydrogens (tertiary/aromatic N) is 2. The first-order valence-electron chi connectivity index (χ1n) is 8.70. The van der Waals surface area contributed by atoms with Gasteiger partial charge in [0.1, 0.15) is 12.4 Å². The van der Waals surface area contributed by atoms with Crippen molar-refractivity contribution < 1.29 is 18.8 Å².